The summed E-state index contributed by atoms with van der Waals surface area (Å²) in [5.74, 6) is -1.66. The van der Waals surface area contributed by atoms with Gasteiger partial charge < -0.3 is 5.11 Å². The molecule has 0 atom stereocenters. The molecule has 3 rings (SSSR count). The third-order valence-electron chi connectivity index (χ3n) is 2.83. The minimum atomic E-state index is -1.21. The molecule has 1 N–H and O–H groups in total. The van der Waals surface area contributed by atoms with E-state index in [1.54, 1.807) is 6.07 Å². The van der Waals surface area contributed by atoms with Crippen LogP contribution in [0.5, 0.6) is 0 Å². The molecule has 0 spiro atoms. The molecular weight excluding hydrogens is 320 g/mol. The fourth-order valence-corrected chi connectivity index (χ4v) is 2.59. The molecule has 106 valence electrons. The number of fused-ring (bicyclic) bond motifs is 1. The Morgan fingerprint density at radius 1 is 1.29 bits per heavy atom. The Kier molecular flexibility index (Phi) is 3.27. The number of aromatic carboxylic acids is 1. The van der Waals surface area contributed by atoms with E-state index in [1.165, 1.54) is 24.3 Å². The van der Waals surface area contributed by atoms with E-state index in [0.29, 0.717) is 5.56 Å². The zero-order chi connectivity index (χ0) is 15.1. The van der Waals surface area contributed by atoms with E-state index in [9.17, 15) is 9.18 Å². The predicted octanol–water partition coefficient (Wildman–Crippen LogP) is 3.54. The molecule has 1 aromatic carbocycles. The number of nitrogens with zero attached hydrogens (tertiary/aromatic N) is 3. The third-order valence-corrected chi connectivity index (χ3v) is 3.46. The summed E-state index contributed by atoms with van der Waals surface area (Å²) in [6.45, 7) is 0. The van der Waals surface area contributed by atoms with Crippen LogP contribution in [0.2, 0.25) is 10.3 Å². The van der Waals surface area contributed by atoms with Gasteiger partial charge in [0, 0.05) is 6.07 Å². The first kappa shape index (κ1) is 13.8. The van der Waals surface area contributed by atoms with Crippen molar-refractivity contribution in [2.24, 2.45) is 0 Å². The number of carboxylic acids is 1. The standard InChI is InChI=1S/C13H6Cl2FN3O2/c14-11-10(6-2-1-3-7(16)4-6)12(15)19-9(17-11)5-8(18-19)13(20)21/h1-5H,(H,20,21). The summed E-state index contributed by atoms with van der Waals surface area (Å²) in [5, 5.41) is 12.9. The Balaban J connectivity index is 2.31. The first-order valence-corrected chi connectivity index (χ1v) is 6.47. The highest BCUT2D eigenvalue weighted by molar-refractivity contribution is 6.38. The fourth-order valence-electron chi connectivity index (χ4n) is 1.93. The van der Waals surface area contributed by atoms with Gasteiger partial charge in [0.25, 0.3) is 0 Å². The average molecular weight is 326 g/mol. The number of rotatable bonds is 2. The molecule has 0 radical (unpaired) electrons. The van der Waals surface area contributed by atoms with Gasteiger partial charge in [0.15, 0.2) is 11.3 Å². The molecule has 0 amide bonds. The van der Waals surface area contributed by atoms with E-state index in [-0.39, 0.29) is 27.2 Å². The molecule has 2 aromatic heterocycles. The van der Waals surface area contributed by atoms with Crippen molar-refractivity contribution in [1.29, 1.82) is 0 Å². The number of aromatic nitrogens is 3. The second-order valence-electron chi connectivity index (χ2n) is 4.18. The molecule has 0 bridgehead atoms. The Bertz CT molecular complexity index is 879. The zero-order valence-corrected chi connectivity index (χ0v) is 11.7. The topological polar surface area (TPSA) is 67.5 Å². The molecular formula is C13H6Cl2FN3O2. The van der Waals surface area contributed by atoms with E-state index in [0.717, 1.165) is 4.52 Å². The van der Waals surface area contributed by atoms with E-state index in [1.807, 2.05) is 0 Å². The van der Waals surface area contributed by atoms with Crippen LogP contribution in [-0.4, -0.2) is 25.7 Å². The van der Waals surface area contributed by atoms with Crippen LogP contribution in [0, 0.1) is 5.82 Å². The second-order valence-corrected chi connectivity index (χ2v) is 4.90. The van der Waals surface area contributed by atoms with Gasteiger partial charge in [-0.1, -0.05) is 35.3 Å². The molecule has 0 aliphatic carbocycles. The summed E-state index contributed by atoms with van der Waals surface area (Å²) >= 11 is 12.3. The summed E-state index contributed by atoms with van der Waals surface area (Å²) in [4.78, 5) is 15.0. The maximum atomic E-state index is 13.3. The fraction of sp³-hybridized carbons (Fsp3) is 0. The summed E-state index contributed by atoms with van der Waals surface area (Å²) < 4.78 is 14.5. The third kappa shape index (κ3) is 2.32. The van der Waals surface area contributed by atoms with Crippen molar-refractivity contribution in [3.8, 4) is 11.1 Å². The summed E-state index contributed by atoms with van der Waals surface area (Å²) in [5.41, 5.74) is 0.691. The number of carbonyl (C=O) groups is 1. The minimum absolute atomic E-state index is 0.0370. The number of hydrogen-bond acceptors (Lipinski definition) is 3. The van der Waals surface area contributed by atoms with Gasteiger partial charge in [0.1, 0.15) is 16.1 Å². The largest absolute Gasteiger partial charge is 0.476 e. The van der Waals surface area contributed by atoms with Gasteiger partial charge in [-0.3, -0.25) is 0 Å². The molecule has 0 aliphatic rings. The molecule has 5 nitrogen and oxygen atoms in total. The minimum Gasteiger partial charge on any atom is -0.476 e. The van der Waals surface area contributed by atoms with Gasteiger partial charge in [-0.05, 0) is 17.7 Å². The average Bonchev–Trinajstić information content (AvgIpc) is 2.83. The SMILES string of the molecule is O=C(O)c1cc2nc(Cl)c(-c3cccc(F)c3)c(Cl)n2n1. The van der Waals surface area contributed by atoms with Gasteiger partial charge in [0.05, 0.1) is 5.56 Å². The highest BCUT2D eigenvalue weighted by Gasteiger charge is 2.18. The lowest BCUT2D eigenvalue weighted by Crippen LogP contribution is -2.00. The monoisotopic (exact) mass is 325 g/mol. The van der Waals surface area contributed by atoms with Crippen LogP contribution < -0.4 is 0 Å². The maximum absolute atomic E-state index is 13.3. The lowest BCUT2D eigenvalue weighted by atomic mass is 10.1. The molecule has 0 aliphatic heterocycles. The molecule has 8 heteroatoms. The Morgan fingerprint density at radius 2 is 2.05 bits per heavy atom. The summed E-state index contributed by atoms with van der Waals surface area (Å²) in [6.07, 6.45) is 0. The zero-order valence-electron chi connectivity index (χ0n) is 10.2. The number of halogens is 3. The van der Waals surface area contributed by atoms with Crippen molar-refractivity contribution < 1.29 is 14.3 Å². The lowest BCUT2D eigenvalue weighted by molar-refractivity contribution is 0.0690. The predicted molar refractivity (Wildman–Crippen MR) is 75.4 cm³/mol. The number of hydrogen-bond donors (Lipinski definition) is 1. The van der Waals surface area contributed by atoms with Crippen LogP contribution in [0.3, 0.4) is 0 Å². The smallest absolute Gasteiger partial charge is 0.356 e. The van der Waals surface area contributed by atoms with Crippen LogP contribution >= 0.6 is 23.2 Å². The van der Waals surface area contributed by atoms with E-state index >= 15 is 0 Å². The number of carboxylic acid groups (broad SMARTS) is 1. The highest BCUT2D eigenvalue weighted by Crippen LogP contribution is 2.34. The van der Waals surface area contributed by atoms with Crippen molar-refractivity contribution in [2.75, 3.05) is 0 Å². The van der Waals surface area contributed by atoms with Crippen LogP contribution in [0.15, 0.2) is 30.3 Å². The molecule has 3 aromatic rings. The lowest BCUT2D eigenvalue weighted by Gasteiger charge is -2.08. The molecule has 21 heavy (non-hydrogen) atoms. The van der Waals surface area contributed by atoms with E-state index in [4.69, 9.17) is 28.3 Å². The van der Waals surface area contributed by atoms with Crippen molar-refractivity contribution in [2.45, 2.75) is 0 Å². The van der Waals surface area contributed by atoms with Crippen LogP contribution in [0.1, 0.15) is 10.5 Å². The molecule has 0 saturated carbocycles. The van der Waals surface area contributed by atoms with Crippen molar-refractivity contribution in [3.05, 3.63) is 52.1 Å². The Hall–Kier alpha value is -2.18. The van der Waals surface area contributed by atoms with Crippen molar-refractivity contribution in [1.82, 2.24) is 14.6 Å². The molecule has 0 fully saturated rings. The molecule has 0 unspecified atom stereocenters. The van der Waals surface area contributed by atoms with Gasteiger partial charge in [-0.2, -0.15) is 5.10 Å². The van der Waals surface area contributed by atoms with Crippen LogP contribution in [-0.2, 0) is 0 Å². The van der Waals surface area contributed by atoms with Crippen LogP contribution in [0.25, 0.3) is 16.8 Å². The highest BCUT2D eigenvalue weighted by atomic mass is 35.5. The van der Waals surface area contributed by atoms with Crippen molar-refractivity contribution >= 4 is 34.8 Å². The summed E-state index contributed by atoms with van der Waals surface area (Å²) in [6, 6.07) is 6.91. The summed E-state index contributed by atoms with van der Waals surface area (Å²) in [7, 11) is 0. The van der Waals surface area contributed by atoms with Crippen molar-refractivity contribution in [3.63, 3.8) is 0 Å². The van der Waals surface area contributed by atoms with Gasteiger partial charge in [0.2, 0.25) is 0 Å². The maximum Gasteiger partial charge on any atom is 0.356 e. The number of benzene rings is 1. The normalized spacial score (nSPS) is 11.0. The van der Waals surface area contributed by atoms with Gasteiger partial charge in [-0.15, -0.1) is 0 Å². The second kappa shape index (κ2) is 4.98. The van der Waals surface area contributed by atoms with Gasteiger partial charge in [-0.25, -0.2) is 18.7 Å². The van der Waals surface area contributed by atoms with E-state index in [2.05, 4.69) is 10.1 Å². The molecule has 0 saturated heterocycles. The quantitative estimate of drug-likeness (QED) is 0.732. The first-order valence-electron chi connectivity index (χ1n) is 5.71. The van der Waals surface area contributed by atoms with Crippen LogP contribution in [0.4, 0.5) is 4.39 Å². The molecule has 2 heterocycles. The Morgan fingerprint density at radius 3 is 2.71 bits per heavy atom. The first-order chi connectivity index (χ1) is 9.97. The van der Waals surface area contributed by atoms with Gasteiger partial charge >= 0.3 is 5.97 Å². The Labute approximate surface area is 127 Å². The van der Waals surface area contributed by atoms with E-state index < -0.39 is 11.8 Å².